The summed E-state index contributed by atoms with van der Waals surface area (Å²) in [6.45, 7) is 0.412. The van der Waals surface area contributed by atoms with Crippen molar-refractivity contribution in [2.45, 2.75) is 31.8 Å². The minimum atomic E-state index is -0.979. The van der Waals surface area contributed by atoms with Crippen molar-refractivity contribution >= 4 is 29.4 Å². The van der Waals surface area contributed by atoms with E-state index in [-0.39, 0.29) is 6.03 Å². The maximum atomic E-state index is 11.6. The van der Waals surface area contributed by atoms with Crippen LogP contribution in [-0.4, -0.2) is 23.1 Å². The zero-order valence-electron chi connectivity index (χ0n) is 10.4. The Morgan fingerprint density at radius 1 is 1.47 bits per heavy atom. The van der Waals surface area contributed by atoms with Crippen molar-refractivity contribution in [3.8, 4) is 0 Å². The summed E-state index contributed by atoms with van der Waals surface area (Å²) in [6, 6.07) is 1.99. The van der Waals surface area contributed by atoms with Crippen LogP contribution >= 0.6 is 11.3 Å². The fraction of sp³-hybridized carbons (Fsp3) is 0.385. The molecule has 1 aromatic heterocycles. The Morgan fingerprint density at radius 3 is 2.89 bits per heavy atom. The first-order chi connectivity index (χ1) is 9.15. The van der Waals surface area contributed by atoms with E-state index in [1.807, 2.05) is 11.4 Å². The standard InChI is InChI=1S/C13H16N2O3S/c16-12(17)5-4-9-6-7-19-11(9)8-14-13(18)15-10-2-1-3-10/h4-7,10H,1-3,8H2,(H,16,17)(H2,14,15,18)/b5-4+. The second-order valence-corrected chi connectivity index (χ2v) is 5.43. The van der Waals surface area contributed by atoms with E-state index in [0.29, 0.717) is 12.6 Å². The van der Waals surface area contributed by atoms with Gasteiger partial charge < -0.3 is 15.7 Å². The van der Waals surface area contributed by atoms with Gasteiger partial charge in [0, 0.05) is 17.0 Å². The molecular weight excluding hydrogens is 264 g/mol. The number of carboxylic acid groups (broad SMARTS) is 1. The molecule has 0 bridgehead atoms. The van der Waals surface area contributed by atoms with E-state index in [2.05, 4.69) is 10.6 Å². The van der Waals surface area contributed by atoms with E-state index in [1.54, 1.807) is 6.08 Å². The number of rotatable bonds is 5. The molecule has 1 aromatic rings. The molecule has 0 spiro atoms. The normalized spacial score (nSPS) is 15.2. The largest absolute Gasteiger partial charge is 0.478 e. The lowest BCUT2D eigenvalue weighted by Crippen LogP contribution is -2.44. The lowest BCUT2D eigenvalue weighted by Gasteiger charge is -2.26. The second kappa shape index (κ2) is 6.38. The maximum absolute atomic E-state index is 11.6. The molecule has 1 aliphatic rings. The molecule has 1 fully saturated rings. The summed E-state index contributed by atoms with van der Waals surface area (Å²) in [6.07, 6.45) is 5.93. The van der Waals surface area contributed by atoms with Gasteiger partial charge in [-0.25, -0.2) is 9.59 Å². The van der Waals surface area contributed by atoms with E-state index in [0.717, 1.165) is 29.4 Å². The molecule has 1 aliphatic carbocycles. The number of carbonyl (C=O) groups excluding carboxylic acids is 1. The molecule has 0 atom stereocenters. The molecule has 0 radical (unpaired) electrons. The van der Waals surface area contributed by atoms with Crippen LogP contribution in [0, 0.1) is 0 Å². The Bertz CT molecular complexity index is 492. The maximum Gasteiger partial charge on any atom is 0.328 e. The summed E-state index contributed by atoms with van der Waals surface area (Å²) < 4.78 is 0. The molecule has 1 heterocycles. The van der Waals surface area contributed by atoms with Gasteiger partial charge in [-0.3, -0.25) is 0 Å². The molecule has 0 aliphatic heterocycles. The molecule has 3 N–H and O–H groups in total. The molecule has 102 valence electrons. The summed E-state index contributed by atoms with van der Waals surface area (Å²) in [5, 5.41) is 16.2. The lowest BCUT2D eigenvalue weighted by atomic mass is 9.93. The highest BCUT2D eigenvalue weighted by Crippen LogP contribution is 2.19. The van der Waals surface area contributed by atoms with Crippen LogP contribution in [0.4, 0.5) is 4.79 Å². The third-order valence-electron chi connectivity index (χ3n) is 3.04. The van der Waals surface area contributed by atoms with Gasteiger partial charge in [-0.05, 0) is 42.3 Å². The van der Waals surface area contributed by atoms with Gasteiger partial charge in [0.05, 0.1) is 6.54 Å². The van der Waals surface area contributed by atoms with Crippen molar-refractivity contribution in [3.05, 3.63) is 28.0 Å². The van der Waals surface area contributed by atoms with E-state index in [9.17, 15) is 9.59 Å². The number of amides is 2. The van der Waals surface area contributed by atoms with Gasteiger partial charge in [-0.15, -0.1) is 11.3 Å². The van der Waals surface area contributed by atoms with Crippen molar-refractivity contribution in [2.24, 2.45) is 0 Å². The second-order valence-electron chi connectivity index (χ2n) is 4.43. The Morgan fingerprint density at radius 2 is 2.26 bits per heavy atom. The van der Waals surface area contributed by atoms with Crippen molar-refractivity contribution in [1.29, 1.82) is 0 Å². The molecule has 19 heavy (non-hydrogen) atoms. The highest BCUT2D eigenvalue weighted by atomic mass is 32.1. The van der Waals surface area contributed by atoms with Crippen LogP contribution in [0.2, 0.25) is 0 Å². The monoisotopic (exact) mass is 280 g/mol. The predicted molar refractivity (Wildman–Crippen MR) is 74.0 cm³/mol. The fourth-order valence-corrected chi connectivity index (χ4v) is 2.56. The quantitative estimate of drug-likeness (QED) is 0.723. The summed E-state index contributed by atoms with van der Waals surface area (Å²) in [4.78, 5) is 23.0. The Hall–Kier alpha value is -1.82. The first kappa shape index (κ1) is 13.6. The molecule has 0 saturated heterocycles. The van der Waals surface area contributed by atoms with Crippen LogP contribution in [-0.2, 0) is 11.3 Å². The van der Waals surface area contributed by atoms with E-state index < -0.39 is 5.97 Å². The highest BCUT2D eigenvalue weighted by Gasteiger charge is 2.19. The summed E-state index contributed by atoms with van der Waals surface area (Å²) >= 11 is 1.50. The van der Waals surface area contributed by atoms with Crippen molar-refractivity contribution < 1.29 is 14.7 Å². The zero-order valence-corrected chi connectivity index (χ0v) is 11.2. The van der Waals surface area contributed by atoms with E-state index in [4.69, 9.17) is 5.11 Å². The van der Waals surface area contributed by atoms with Gasteiger partial charge in [-0.2, -0.15) is 0 Å². The van der Waals surface area contributed by atoms with Crippen LogP contribution in [0.25, 0.3) is 6.08 Å². The number of carboxylic acids is 1. The minimum Gasteiger partial charge on any atom is -0.478 e. The Balaban J connectivity index is 1.83. The van der Waals surface area contributed by atoms with Gasteiger partial charge in [0.2, 0.25) is 0 Å². The van der Waals surface area contributed by atoms with Crippen LogP contribution in [0.15, 0.2) is 17.5 Å². The van der Waals surface area contributed by atoms with E-state index >= 15 is 0 Å². The minimum absolute atomic E-state index is 0.161. The predicted octanol–water partition coefficient (Wildman–Crippen LogP) is 2.20. The van der Waals surface area contributed by atoms with Gasteiger partial charge in [-0.1, -0.05) is 0 Å². The highest BCUT2D eigenvalue weighted by molar-refractivity contribution is 7.10. The first-order valence-electron chi connectivity index (χ1n) is 6.17. The smallest absolute Gasteiger partial charge is 0.328 e. The average Bonchev–Trinajstić information content (AvgIpc) is 2.76. The molecule has 2 rings (SSSR count). The fourth-order valence-electron chi connectivity index (χ4n) is 1.75. The molecule has 0 aromatic carbocycles. The van der Waals surface area contributed by atoms with Gasteiger partial charge in [0.25, 0.3) is 0 Å². The summed E-state index contributed by atoms with van der Waals surface area (Å²) in [5.41, 5.74) is 0.830. The number of nitrogens with one attached hydrogen (secondary N) is 2. The molecule has 0 unspecified atom stereocenters. The van der Waals surface area contributed by atoms with Crippen LogP contribution in [0.5, 0.6) is 0 Å². The topological polar surface area (TPSA) is 78.4 Å². The molecule has 1 saturated carbocycles. The molecule has 6 heteroatoms. The number of thiophene rings is 1. The number of urea groups is 1. The van der Waals surface area contributed by atoms with Crippen molar-refractivity contribution in [2.75, 3.05) is 0 Å². The van der Waals surface area contributed by atoms with Crippen molar-refractivity contribution in [1.82, 2.24) is 10.6 Å². The van der Waals surface area contributed by atoms with Gasteiger partial charge >= 0.3 is 12.0 Å². The SMILES string of the molecule is O=C(O)/C=C/c1ccsc1CNC(=O)NC1CCC1. The first-order valence-corrected chi connectivity index (χ1v) is 7.05. The Kier molecular flexibility index (Phi) is 4.57. The molecular formula is C13H16N2O3S. The zero-order chi connectivity index (χ0) is 13.7. The number of hydrogen-bond acceptors (Lipinski definition) is 3. The van der Waals surface area contributed by atoms with Crippen LogP contribution < -0.4 is 10.6 Å². The third kappa shape index (κ3) is 4.10. The number of carbonyl (C=O) groups is 2. The summed E-state index contributed by atoms with van der Waals surface area (Å²) in [7, 11) is 0. The van der Waals surface area contributed by atoms with Gasteiger partial charge in [0.1, 0.15) is 0 Å². The van der Waals surface area contributed by atoms with Crippen LogP contribution in [0.3, 0.4) is 0 Å². The average molecular weight is 280 g/mol. The third-order valence-corrected chi connectivity index (χ3v) is 3.97. The summed E-state index contributed by atoms with van der Waals surface area (Å²) in [5.74, 6) is -0.979. The van der Waals surface area contributed by atoms with Crippen LogP contribution in [0.1, 0.15) is 29.7 Å². The van der Waals surface area contributed by atoms with Gasteiger partial charge in [0.15, 0.2) is 0 Å². The van der Waals surface area contributed by atoms with E-state index in [1.165, 1.54) is 17.8 Å². The number of hydrogen-bond donors (Lipinski definition) is 3. The molecule has 2 amide bonds. The number of aliphatic carboxylic acids is 1. The Labute approximate surface area is 115 Å². The lowest BCUT2D eigenvalue weighted by molar-refractivity contribution is -0.131. The molecule has 5 nitrogen and oxygen atoms in total. The van der Waals surface area contributed by atoms with Crippen molar-refractivity contribution in [3.63, 3.8) is 0 Å².